The fourth-order valence-electron chi connectivity index (χ4n) is 2.49. The standard InChI is InChI=1S/C18H16ClO3.ClHO4/c1-11-8-13-9-16(20-2)17(21-3)10-15(13)18(22-11)12-4-6-14(19)7-5-12;2-1(3,4)5/h4-10H,1-3H3;(H,2,3,4,5)/q+1;/p-1. The fraction of sp³-hybridized carbons (Fsp3) is 0.167. The Bertz CT molecular complexity index is 916. The van der Waals surface area contributed by atoms with Gasteiger partial charge in [-0.2, -0.15) is 0 Å². The van der Waals surface area contributed by atoms with Crippen LogP contribution in [0.3, 0.4) is 0 Å². The summed E-state index contributed by atoms with van der Waals surface area (Å²) in [6.45, 7) is 1.93. The number of fused-ring (bicyclic) bond motifs is 1. The molecule has 0 amide bonds. The Labute approximate surface area is 162 Å². The van der Waals surface area contributed by atoms with E-state index in [2.05, 4.69) is 0 Å². The summed E-state index contributed by atoms with van der Waals surface area (Å²) in [6, 6.07) is 13.4. The molecule has 0 aliphatic heterocycles. The summed E-state index contributed by atoms with van der Waals surface area (Å²) < 4.78 is 50.7. The van der Waals surface area contributed by atoms with Gasteiger partial charge in [-0.25, -0.2) is 23.1 Å². The molecule has 2 aromatic carbocycles. The summed E-state index contributed by atoms with van der Waals surface area (Å²) in [5.74, 6) is 2.98. The molecule has 27 heavy (non-hydrogen) atoms. The van der Waals surface area contributed by atoms with Crippen LogP contribution in [0.15, 0.2) is 46.9 Å². The summed E-state index contributed by atoms with van der Waals surface area (Å²) in [7, 11) is -1.69. The van der Waals surface area contributed by atoms with Crippen LogP contribution in [-0.2, 0) is 0 Å². The zero-order valence-electron chi connectivity index (χ0n) is 14.7. The molecule has 0 unspecified atom stereocenters. The summed E-state index contributed by atoms with van der Waals surface area (Å²) in [4.78, 5) is 0. The van der Waals surface area contributed by atoms with Crippen molar-refractivity contribution in [1.82, 2.24) is 0 Å². The van der Waals surface area contributed by atoms with Crippen LogP contribution in [-0.4, -0.2) is 14.2 Å². The average molecular weight is 415 g/mol. The highest BCUT2D eigenvalue weighted by atomic mass is 35.7. The Morgan fingerprint density at radius 1 is 0.889 bits per heavy atom. The van der Waals surface area contributed by atoms with Crippen molar-refractivity contribution < 1.29 is 42.8 Å². The van der Waals surface area contributed by atoms with Crippen LogP contribution in [0.1, 0.15) is 5.76 Å². The minimum atomic E-state index is -4.94. The number of methoxy groups -OCH3 is 2. The molecule has 0 aliphatic carbocycles. The van der Waals surface area contributed by atoms with E-state index in [1.807, 2.05) is 49.4 Å². The normalized spacial score (nSPS) is 11.0. The minimum Gasteiger partial charge on any atom is -0.493 e. The first-order valence-corrected chi connectivity index (χ1v) is 9.10. The van der Waals surface area contributed by atoms with Crippen molar-refractivity contribution in [3.63, 3.8) is 0 Å². The van der Waals surface area contributed by atoms with Gasteiger partial charge < -0.3 is 9.47 Å². The maximum absolute atomic E-state index is 8.49. The van der Waals surface area contributed by atoms with Crippen LogP contribution >= 0.6 is 11.6 Å². The zero-order valence-corrected chi connectivity index (χ0v) is 16.2. The van der Waals surface area contributed by atoms with Crippen LogP contribution in [0.5, 0.6) is 11.5 Å². The molecule has 0 N–H and O–H groups in total. The molecule has 3 aromatic rings. The molecule has 1 heterocycles. The van der Waals surface area contributed by atoms with E-state index in [0.29, 0.717) is 16.5 Å². The van der Waals surface area contributed by atoms with Crippen LogP contribution in [0, 0.1) is 17.2 Å². The molecule has 0 radical (unpaired) electrons. The monoisotopic (exact) mass is 414 g/mol. The minimum absolute atomic E-state index is 0.671. The second kappa shape index (κ2) is 8.71. The first-order chi connectivity index (χ1) is 12.6. The molecule has 0 atom stereocenters. The summed E-state index contributed by atoms with van der Waals surface area (Å²) in [6.07, 6.45) is 0. The second-order valence-electron chi connectivity index (χ2n) is 5.37. The molecule has 0 aliphatic rings. The Balaban J connectivity index is 0.000000465. The van der Waals surface area contributed by atoms with Crippen molar-refractivity contribution in [3.8, 4) is 22.8 Å². The summed E-state index contributed by atoms with van der Waals surface area (Å²) in [5.41, 5.74) is 0.963. The van der Waals surface area contributed by atoms with Gasteiger partial charge in [0.25, 0.3) is 0 Å². The van der Waals surface area contributed by atoms with E-state index >= 15 is 0 Å². The largest absolute Gasteiger partial charge is 0.493 e. The fourth-order valence-corrected chi connectivity index (χ4v) is 2.62. The van der Waals surface area contributed by atoms with E-state index in [9.17, 15) is 0 Å². The van der Waals surface area contributed by atoms with Gasteiger partial charge in [-0.3, -0.25) is 0 Å². The van der Waals surface area contributed by atoms with Gasteiger partial charge in [-0.05, 0) is 30.3 Å². The molecule has 1 aromatic heterocycles. The third-order valence-corrected chi connectivity index (χ3v) is 3.78. The van der Waals surface area contributed by atoms with Gasteiger partial charge in [-0.1, -0.05) is 11.6 Å². The molecule has 9 heteroatoms. The van der Waals surface area contributed by atoms with Gasteiger partial charge in [0.15, 0.2) is 11.5 Å². The lowest BCUT2D eigenvalue weighted by atomic mass is 10.0. The van der Waals surface area contributed by atoms with Crippen LogP contribution in [0.25, 0.3) is 22.1 Å². The topological polar surface area (TPSA) is 122 Å². The molecule has 0 spiro atoms. The molecular formula is C18H16Cl2O7. The van der Waals surface area contributed by atoms with E-state index in [4.69, 9.17) is 44.1 Å². The molecule has 0 saturated carbocycles. The number of hydrogen-bond donors (Lipinski definition) is 0. The number of halogens is 2. The Morgan fingerprint density at radius 2 is 1.41 bits per heavy atom. The van der Waals surface area contributed by atoms with Gasteiger partial charge in [0, 0.05) is 22.5 Å². The van der Waals surface area contributed by atoms with Gasteiger partial charge in [0.2, 0.25) is 0 Å². The van der Waals surface area contributed by atoms with Crippen molar-refractivity contribution >= 4 is 22.4 Å². The van der Waals surface area contributed by atoms with E-state index in [-0.39, 0.29) is 0 Å². The van der Waals surface area contributed by atoms with E-state index < -0.39 is 10.2 Å². The summed E-state index contributed by atoms with van der Waals surface area (Å²) >= 11 is 5.97. The third kappa shape index (κ3) is 5.93. The number of benzene rings is 2. The van der Waals surface area contributed by atoms with E-state index in [1.54, 1.807) is 14.2 Å². The molecular weight excluding hydrogens is 399 g/mol. The molecule has 0 bridgehead atoms. The molecule has 0 saturated heterocycles. The first kappa shape index (κ1) is 21.2. The second-order valence-corrected chi connectivity index (χ2v) is 6.56. The predicted octanol–water partition coefficient (Wildman–Crippen LogP) is 0.604. The van der Waals surface area contributed by atoms with Crippen LogP contribution in [0.2, 0.25) is 5.02 Å². The lowest BCUT2D eigenvalue weighted by Gasteiger charge is -2.17. The van der Waals surface area contributed by atoms with Crippen molar-refractivity contribution in [3.05, 3.63) is 53.2 Å². The van der Waals surface area contributed by atoms with E-state index in [0.717, 1.165) is 27.9 Å². The lowest BCUT2D eigenvalue weighted by molar-refractivity contribution is -2.00. The number of ether oxygens (including phenoxy) is 2. The van der Waals surface area contributed by atoms with Gasteiger partial charge >= 0.3 is 11.5 Å². The Morgan fingerprint density at radius 3 is 1.93 bits per heavy atom. The number of aryl methyl sites for hydroxylation is 1. The van der Waals surface area contributed by atoms with Crippen molar-refractivity contribution in [1.29, 1.82) is 0 Å². The highest BCUT2D eigenvalue weighted by Gasteiger charge is 2.21. The highest BCUT2D eigenvalue weighted by molar-refractivity contribution is 6.30. The highest BCUT2D eigenvalue weighted by Crippen LogP contribution is 2.38. The van der Waals surface area contributed by atoms with E-state index in [1.165, 1.54) is 0 Å². The van der Waals surface area contributed by atoms with Gasteiger partial charge in [0.05, 0.1) is 32.1 Å². The molecule has 0 fully saturated rings. The van der Waals surface area contributed by atoms with Crippen molar-refractivity contribution in [2.24, 2.45) is 0 Å². The van der Waals surface area contributed by atoms with Gasteiger partial charge in [-0.15, -0.1) is 10.2 Å². The first-order valence-electron chi connectivity index (χ1n) is 7.49. The molecule has 3 rings (SSSR count). The third-order valence-electron chi connectivity index (χ3n) is 3.53. The number of rotatable bonds is 3. The van der Waals surface area contributed by atoms with Crippen LogP contribution in [0.4, 0.5) is 0 Å². The molecule has 7 nitrogen and oxygen atoms in total. The molecule has 144 valence electrons. The SMILES string of the molecule is COc1cc2cc(C)[o+]c(-c3ccc(Cl)cc3)c2cc1OC.[O-][Cl+3]([O-])([O-])[O-]. The quantitative estimate of drug-likeness (QED) is 0.575. The Kier molecular flexibility index (Phi) is 6.83. The average Bonchev–Trinajstić information content (AvgIpc) is 2.59. The lowest BCUT2D eigenvalue weighted by Crippen LogP contribution is -2.68. The smallest absolute Gasteiger partial charge is 0.368 e. The predicted molar refractivity (Wildman–Crippen MR) is 88.9 cm³/mol. The zero-order chi connectivity index (χ0) is 20.2. The van der Waals surface area contributed by atoms with Crippen LogP contribution < -0.4 is 28.1 Å². The number of hydrogen-bond acceptors (Lipinski definition) is 6. The maximum Gasteiger partial charge on any atom is 0.368 e. The summed E-state index contributed by atoms with van der Waals surface area (Å²) in [5, 5.41) is 2.69. The van der Waals surface area contributed by atoms with Crippen molar-refractivity contribution in [2.75, 3.05) is 14.2 Å². The van der Waals surface area contributed by atoms with Crippen molar-refractivity contribution in [2.45, 2.75) is 6.92 Å². The Hall–Kier alpha value is -2.13. The van der Waals surface area contributed by atoms with Gasteiger partial charge in [0.1, 0.15) is 0 Å². The maximum atomic E-state index is 8.49.